The highest BCUT2D eigenvalue weighted by Gasteiger charge is 2.09. The summed E-state index contributed by atoms with van der Waals surface area (Å²) in [5.74, 6) is 1.75. The molecule has 2 aromatic heterocycles. The van der Waals surface area contributed by atoms with Crippen molar-refractivity contribution >= 4 is 40.9 Å². The van der Waals surface area contributed by atoms with E-state index < -0.39 is 0 Å². The average Bonchev–Trinajstić information content (AvgIpc) is 3.17. The minimum absolute atomic E-state index is 0. The predicted octanol–water partition coefficient (Wildman–Crippen LogP) is 3.99. The molecule has 0 aliphatic rings. The summed E-state index contributed by atoms with van der Waals surface area (Å²) in [7, 11) is 4.11. The summed E-state index contributed by atoms with van der Waals surface area (Å²) >= 11 is 0. The van der Waals surface area contributed by atoms with Crippen molar-refractivity contribution in [1.82, 2.24) is 14.8 Å². The van der Waals surface area contributed by atoms with Gasteiger partial charge in [-0.1, -0.05) is 18.2 Å². The second-order valence-corrected chi connectivity index (χ2v) is 5.89. The van der Waals surface area contributed by atoms with E-state index in [1.54, 1.807) is 0 Å². The lowest BCUT2D eigenvalue weighted by Gasteiger charge is -2.22. The number of hydrogen-bond donors (Lipinski definition) is 1. The Morgan fingerprint density at radius 2 is 2.04 bits per heavy atom. The number of nitrogens with one attached hydrogen (secondary N) is 1. The molecule has 1 N–H and O–H groups in total. The molecule has 0 amide bonds. The molecule has 0 radical (unpaired) electrons. The lowest BCUT2D eigenvalue weighted by atomic mass is 10.2. The van der Waals surface area contributed by atoms with Gasteiger partial charge >= 0.3 is 0 Å². The number of aromatic nitrogens is 1. The van der Waals surface area contributed by atoms with Crippen molar-refractivity contribution in [3.8, 4) is 0 Å². The van der Waals surface area contributed by atoms with Gasteiger partial charge in [0.05, 0.1) is 6.54 Å². The summed E-state index contributed by atoms with van der Waals surface area (Å²) < 4.78 is 7.97. The topological polar surface area (TPSA) is 45.7 Å². The van der Waals surface area contributed by atoms with Crippen LogP contribution in [-0.4, -0.2) is 29.0 Å². The SMILES string of the molecule is CCNC(=NCc1cc2ccccc2o1)N(C)Cc1cccn1C.I. The van der Waals surface area contributed by atoms with Crippen LogP contribution in [0.5, 0.6) is 0 Å². The molecule has 0 saturated carbocycles. The zero-order chi connectivity index (χ0) is 16.9. The van der Waals surface area contributed by atoms with E-state index in [0.29, 0.717) is 6.54 Å². The Bertz CT molecular complexity index is 804. The van der Waals surface area contributed by atoms with Crippen molar-refractivity contribution in [3.63, 3.8) is 0 Å². The number of hydrogen-bond acceptors (Lipinski definition) is 2. The van der Waals surface area contributed by atoms with E-state index in [-0.39, 0.29) is 24.0 Å². The Hall–Kier alpha value is -1.96. The van der Waals surface area contributed by atoms with E-state index in [9.17, 15) is 0 Å². The van der Waals surface area contributed by atoms with Gasteiger partial charge in [-0.05, 0) is 31.2 Å². The van der Waals surface area contributed by atoms with E-state index >= 15 is 0 Å². The van der Waals surface area contributed by atoms with Crippen LogP contribution in [0.25, 0.3) is 11.0 Å². The molecule has 3 rings (SSSR count). The van der Waals surface area contributed by atoms with Crippen molar-refractivity contribution in [2.45, 2.75) is 20.0 Å². The quantitative estimate of drug-likeness (QED) is 0.362. The average molecular weight is 452 g/mol. The zero-order valence-corrected chi connectivity index (χ0v) is 17.2. The van der Waals surface area contributed by atoms with Gasteiger partial charge in [-0.25, -0.2) is 4.99 Å². The highest BCUT2D eigenvalue weighted by molar-refractivity contribution is 14.0. The molecule has 0 spiro atoms. The van der Waals surface area contributed by atoms with Gasteiger partial charge in [0, 0.05) is 37.9 Å². The lowest BCUT2D eigenvalue weighted by Crippen LogP contribution is -2.38. The molecular formula is C19H25IN4O. The number of rotatable bonds is 5. The maximum Gasteiger partial charge on any atom is 0.194 e. The van der Waals surface area contributed by atoms with Crippen LogP contribution in [0.1, 0.15) is 18.4 Å². The fraction of sp³-hybridized carbons (Fsp3) is 0.316. The Balaban J connectivity index is 0.00000225. The van der Waals surface area contributed by atoms with E-state index in [0.717, 1.165) is 35.8 Å². The standard InChI is InChI=1S/C19H24N4O.HI/c1-4-20-19(23(3)14-16-9-7-11-22(16)2)21-13-17-12-15-8-5-6-10-18(15)24-17;/h5-12H,4,13-14H2,1-3H3,(H,20,21);1H. The molecule has 0 bridgehead atoms. The maximum atomic E-state index is 5.84. The van der Waals surface area contributed by atoms with Gasteiger partial charge in [0.25, 0.3) is 0 Å². The molecule has 3 aromatic rings. The van der Waals surface area contributed by atoms with Crippen molar-refractivity contribution in [2.24, 2.45) is 12.0 Å². The number of guanidine groups is 1. The number of aliphatic imine (C=N–C) groups is 1. The molecular weight excluding hydrogens is 427 g/mol. The van der Waals surface area contributed by atoms with Crippen LogP contribution in [0.4, 0.5) is 0 Å². The number of para-hydroxylation sites is 1. The first-order valence-electron chi connectivity index (χ1n) is 8.24. The monoisotopic (exact) mass is 452 g/mol. The summed E-state index contributed by atoms with van der Waals surface area (Å²) in [5.41, 5.74) is 2.15. The van der Waals surface area contributed by atoms with Crippen LogP contribution in [0.3, 0.4) is 0 Å². The number of furan rings is 1. The summed E-state index contributed by atoms with van der Waals surface area (Å²) in [6, 6.07) is 14.3. The number of fused-ring (bicyclic) bond motifs is 1. The van der Waals surface area contributed by atoms with E-state index in [2.05, 4.69) is 59.2 Å². The largest absolute Gasteiger partial charge is 0.459 e. The molecule has 0 unspecified atom stereocenters. The third kappa shape index (κ3) is 4.78. The van der Waals surface area contributed by atoms with Gasteiger partial charge in [-0.3, -0.25) is 0 Å². The molecule has 25 heavy (non-hydrogen) atoms. The molecule has 0 aliphatic heterocycles. The normalized spacial score (nSPS) is 11.4. The maximum absolute atomic E-state index is 5.84. The van der Waals surface area contributed by atoms with Crippen LogP contribution in [0.2, 0.25) is 0 Å². The molecule has 1 aromatic carbocycles. The third-order valence-electron chi connectivity index (χ3n) is 4.01. The first-order valence-corrected chi connectivity index (χ1v) is 8.24. The Kier molecular flexibility index (Phi) is 6.92. The summed E-state index contributed by atoms with van der Waals surface area (Å²) in [5, 5.41) is 4.46. The first-order chi connectivity index (χ1) is 11.7. The molecule has 0 aliphatic carbocycles. The predicted molar refractivity (Wildman–Crippen MR) is 113 cm³/mol. The highest BCUT2D eigenvalue weighted by atomic mass is 127. The van der Waals surface area contributed by atoms with Gasteiger partial charge in [-0.2, -0.15) is 0 Å². The fourth-order valence-electron chi connectivity index (χ4n) is 2.72. The molecule has 2 heterocycles. The van der Waals surface area contributed by atoms with E-state index in [1.807, 2.05) is 25.2 Å². The molecule has 0 atom stereocenters. The van der Waals surface area contributed by atoms with Crippen molar-refractivity contribution in [2.75, 3.05) is 13.6 Å². The van der Waals surface area contributed by atoms with Crippen LogP contribution in [0, 0.1) is 0 Å². The molecule has 5 nitrogen and oxygen atoms in total. The lowest BCUT2D eigenvalue weighted by molar-refractivity contribution is 0.459. The minimum atomic E-state index is 0. The first kappa shape index (κ1) is 19.4. The fourth-order valence-corrected chi connectivity index (χ4v) is 2.72. The summed E-state index contributed by atoms with van der Waals surface area (Å²) in [6.45, 7) is 4.23. The van der Waals surface area contributed by atoms with Gasteiger partial charge in [0.15, 0.2) is 5.96 Å². The van der Waals surface area contributed by atoms with Gasteiger partial charge < -0.3 is 19.2 Å². The van der Waals surface area contributed by atoms with Gasteiger partial charge in [-0.15, -0.1) is 24.0 Å². The van der Waals surface area contributed by atoms with Crippen LogP contribution in [0.15, 0.2) is 58.1 Å². The van der Waals surface area contributed by atoms with Crippen molar-refractivity contribution in [1.29, 1.82) is 0 Å². The third-order valence-corrected chi connectivity index (χ3v) is 4.01. The van der Waals surface area contributed by atoms with Crippen LogP contribution < -0.4 is 5.32 Å². The van der Waals surface area contributed by atoms with Gasteiger partial charge in [0.1, 0.15) is 17.9 Å². The van der Waals surface area contributed by atoms with E-state index in [1.165, 1.54) is 5.69 Å². The van der Waals surface area contributed by atoms with Crippen molar-refractivity contribution in [3.05, 3.63) is 60.1 Å². The molecule has 134 valence electrons. The van der Waals surface area contributed by atoms with Crippen LogP contribution >= 0.6 is 24.0 Å². The number of benzene rings is 1. The van der Waals surface area contributed by atoms with E-state index in [4.69, 9.17) is 9.41 Å². The highest BCUT2D eigenvalue weighted by Crippen LogP contribution is 2.19. The zero-order valence-electron chi connectivity index (χ0n) is 14.9. The van der Waals surface area contributed by atoms with Gasteiger partial charge in [0.2, 0.25) is 0 Å². The summed E-state index contributed by atoms with van der Waals surface area (Å²) in [6.07, 6.45) is 2.06. The number of aryl methyl sites for hydroxylation is 1. The number of nitrogens with zero attached hydrogens (tertiary/aromatic N) is 3. The molecule has 6 heteroatoms. The van der Waals surface area contributed by atoms with Crippen molar-refractivity contribution < 1.29 is 4.42 Å². The number of halogens is 1. The Morgan fingerprint density at radius 3 is 2.72 bits per heavy atom. The smallest absolute Gasteiger partial charge is 0.194 e. The van der Waals surface area contributed by atoms with Crippen LogP contribution in [-0.2, 0) is 20.1 Å². The Labute approximate surface area is 165 Å². The summed E-state index contributed by atoms with van der Waals surface area (Å²) in [4.78, 5) is 6.84. The minimum Gasteiger partial charge on any atom is -0.459 e. The molecule has 0 saturated heterocycles. The second kappa shape index (κ2) is 8.94. The Morgan fingerprint density at radius 1 is 1.24 bits per heavy atom. The second-order valence-electron chi connectivity index (χ2n) is 5.89. The molecule has 0 fully saturated rings.